The van der Waals surface area contributed by atoms with E-state index in [1.165, 1.54) is 12.8 Å². The Morgan fingerprint density at radius 1 is 1.05 bits per heavy atom. The molecule has 2 aliphatic rings. The molecule has 2 heterocycles. The highest BCUT2D eigenvalue weighted by Gasteiger charge is 2.50. The third kappa shape index (κ3) is 3.51. The molecule has 0 radical (unpaired) electrons. The lowest BCUT2D eigenvalue weighted by molar-refractivity contribution is 0.000943. The molecule has 4 heteroatoms. The second kappa shape index (κ2) is 5.20. The second-order valence-corrected chi connectivity index (χ2v) is 8.22. The van der Waals surface area contributed by atoms with E-state index in [9.17, 15) is 8.78 Å². The molecular formula is C16H30F2N2. The number of rotatable bonds is 3. The fourth-order valence-electron chi connectivity index (χ4n) is 3.89. The predicted octanol–water partition coefficient (Wildman–Crippen LogP) is 3.76. The van der Waals surface area contributed by atoms with Crippen molar-refractivity contribution in [3.05, 3.63) is 0 Å². The number of nitrogens with zero attached hydrogens (tertiary/aromatic N) is 2. The highest BCUT2D eigenvalue weighted by Crippen LogP contribution is 2.40. The lowest BCUT2D eigenvalue weighted by Gasteiger charge is -2.43. The molecule has 2 saturated heterocycles. The van der Waals surface area contributed by atoms with Gasteiger partial charge >= 0.3 is 0 Å². The Hall–Kier alpha value is -0.220. The fourth-order valence-corrected chi connectivity index (χ4v) is 3.89. The van der Waals surface area contributed by atoms with Crippen molar-refractivity contribution in [2.45, 2.75) is 83.3 Å². The number of hydrogen-bond donors (Lipinski definition) is 0. The smallest absolute Gasteiger partial charge is 0.262 e. The average molecular weight is 288 g/mol. The summed E-state index contributed by atoms with van der Waals surface area (Å²) < 4.78 is 27.7. The molecule has 0 aliphatic carbocycles. The highest BCUT2D eigenvalue weighted by atomic mass is 19.3. The van der Waals surface area contributed by atoms with Gasteiger partial charge in [-0.25, -0.2) is 8.78 Å². The van der Waals surface area contributed by atoms with Gasteiger partial charge in [-0.2, -0.15) is 0 Å². The SMILES string of the molecule is CC(C)(C)N1CC(F)(F)CC1CC(C)(C)N1CCCC1. The summed E-state index contributed by atoms with van der Waals surface area (Å²) in [7, 11) is 0. The van der Waals surface area contributed by atoms with Crippen LogP contribution in [0.5, 0.6) is 0 Å². The van der Waals surface area contributed by atoms with Crippen molar-refractivity contribution in [1.29, 1.82) is 0 Å². The van der Waals surface area contributed by atoms with Crippen LogP contribution in [0.3, 0.4) is 0 Å². The summed E-state index contributed by atoms with van der Waals surface area (Å²) in [5.41, 5.74) is -0.170. The topological polar surface area (TPSA) is 6.48 Å². The molecule has 0 spiro atoms. The van der Waals surface area contributed by atoms with Crippen LogP contribution in [0.15, 0.2) is 0 Å². The van der Waals surface area contributed by atoms with E-state index in [1.807, 2.05) is 25.7 Å². The first-order chi connectivity index (χ1) is 9.01. The lowest BCUT2D eigenvalue weighted by Crippen LogP contribution is -2.51. The van der Waals surface area contributed by atoms with Crippen molar-refractivity contribution >= 4 is 0 Å². The standard InChI is InChI=1S/C16H30F2N2/c1-14(2,3)20-12-16(17,18)11-13(20)10-15(4,5)19-8-6-7-9-19/h13H,6-12H2,1-5H3. The molecule has 0 aromatic rings. The van der Waals surface area contributed by atoms with Crippen molar-refractivity contribution in [2.75, 3.05) is 19.6 Å². The molecular weight excluding hydrogens is 258 g/mol. The Bertz CT molecular complexity index is 341. The van der Waals surface area contributed by atoms with E-state index in [0.717, 1.165) is 19.5 Å². The van der Waals surface area contributed by atoms with Crippen LogP contribution in [0.25, 0.3) is 0 Å². The van der Waals surface area contributed by atoms with Crippen LogP contribution in [-0.2, 0) is 0 Å². The summed E-state index contributed by atoms with van der Waals surface area (Å²) in [6, 6.07) is -0.0133. The van der Waals surface area contributed by atoms with Gasteiger partial charge in [0.1, 0.15) is 0 Å². The molecule has 2 rings (SSSR count). The van der Waals surface area contributed by atoms with Crippen LogP contribution < -0.4 is 0 Å². The van der Waals surface area contributed by atoms with E-state index in [-0.39, 0.29) is 30.1 Å². The van der Waals surface area contributed by atoms with E-state index >= 15 is 0 Å². The van der Waals surface area contributed by atoms with Crippen molar-refractivity contribution in [2.24, 2.45) is 0 Å². The Labute approximate surface area is 122 Å². The van der Waals surface area contributed by atoms with Gasteiger partial charge in [-0.15, -0.1) is 0 Å². The first-order valence-electron chi connectivity index (χ1n) is 7.91. The largest absolute Gasteiger partial charge is 0.298 e. The number of likely N-dealkylation sites (tertiary alicyclic amines) is 2. The van der Waals surface area contributed by atoms with Crippen LogP contribution >= 0.6 is 0 Å². The van der Waals surface area contributed by atoms with E-state index < -0.39 is 5.92 Å². The number of hydrogen-bond acceptors (Lipinski definition) is 2. The van der Waals surface area contributed by atoms with E-state index in [0.29, 0.717) is 0 Å². The molecule has 1 unspecified atom stereocenters. The van der Waals surface area contributed by atoms with Crippen molar-refractivity contribution < 1.29 is 8.78 Å². The molecule has 0 amide bonds. The minimum Gasteiger partial charge on any atom is -0.298 e. The van der Waals surface area contributed by atoms with Crippen LogP contribution in [0.4, 0.5) is 8.78 Å². The van der Waals surface area contributed by atoms with Gasteiger partial charge in [-0.05, 0) is 67.0 Å². The maximum absolute atomic E-state index is 13.9. The molecule has 2 nitrogen and oxygen atoms in total. The van der Waals surface area contributed by atoms with Crippen molar-refractivity contribution in [1.82, 2.24) is 9.80 Å². The molecule has 0 aromatic heterocycles. The molecule has 0 aromatic carbocycles. The van der Waals surface area contributed by atoms with E-state index in [4.69, 9.17) is 0 Å². The summed E-state index contributed by atoms with van der Waals surface area (Å²) in [4.78, 5) is 4.50. The Balaban J connectivity index is 2.09. The van der Waals surface area contributed by atoms with E-state index in [2.05, 4.69) is 18.7 Å². The van der Waals surface area contributed by atoms with Gasteiger partial charge in [0.25, 0.3) is 5.92 Å². The van der Waals surface area contributed by atoms with Gasteiger partial charge in [0.15, 0.2) is 0 Å². The maximum Gasteiger partial charge on any atom is 0.262 e. The Kier molecular flexibility index (Phi) is 4.20. The third-order valence-corrected chi connectivity index (χ3v) is 4.94. The molecule has 118 valence electrons. The zero-order valence-corrected chi connectivity index (χ0v) is 13.7. The maximum atomic E-state index is 13.9. The quantitative estimate of drug-likeness (QED) is 0.780. The van der Waals surface area contributed by atoms with Crippen molar-refractivity contribution in [3.63, 3.8) is 0 Å². The fraction of sp³-hybridized carbons (Fsp3) is 1.00. The van der Waals surface area contributed by atoms with Crippen LogP contribution in [-0.4, -0.2) is 52.5 Å². The molecule has 0 N–H and O–H groups in total. The van der Waals surface area contributed by atoms with Gasteiger partial charge in [-0.3, -0.25) is 9.80 Å². The predicted molar refractivity (Wildman–Crippen MR) is 79.3 cm³/mol. The molecule has 20 heavy (non-hydrogen) atoms. The summed E-state index contributed by atoms with van der Waals surface area (Å²) in [6.07, 6.45) is 3.34. The van der Waals surface area contributed by atoms with Gasteiger partial charge in [0, 0.05) is 23.5 Å². The number of alkyl halides is 2. The normalized spacial score (nSPS) is 29.2. The summed E-state index contributed by atoms with van der Waals surface area (Å²) in [6.45, 7) is 12.7. The zero-order valence-electron chi connectivity index (χ0n) is 13.7. The minimum atomic E-state index is -2.53. The second-order valence-electron chi connectivity index (χ2n) is 8.22. The minimum absolute atomic E-state index is 0.0133. The van der Waals surface area contributed by atoms with E-state index in [1.54, 1.807) is 0 Å². The van der Waals surface area contributed by atoms with Gasteiger partial charge in [0.05, 0.1) is 6.54 Å². The average Bonchev–Trinajstić information content (AvgIpc) is 2.83. The zero-order chi connectivity index (χ0) is 15.2. The summed E-state index contributed by atoms with van der Waals surface area (Å²) in [5.74, 6) is -2.53. The third-order valence-electron chi connectivity index (χ3n) is 4.94. The molecule has 2 fully saturated rings. The molecule has 2 aliphatic heterocycles. The number of halogens is 2. The lowest BCUT2D eigenvalue weighted by atomic mass is 9.90. The first-order valence-corrected chi connectivity index (χ1v) is 7.91. The van der Waals surface area contributed by atoms with Gasteiger partial charge < -0.3 is 0 Å². The van der Waals surface area contributed by atoms with Gasteiger partial charge in [0.2, 0.25) is 0 Å². The Morgan fingerprint density at radius 2 is 1.60 bits per heavy atom. The van der Waals surface area contributed by atoms with Crippen LogP contribution in [0.1, 0.15) is 60.3 Å². The molecule has 0 bridgehead atoms. The molecule has 0 saturated carbocycles. The Morgan fingerprint density at radius 3 is 2.10 bits per heavy atom. The van der Waals surface area contributed by atoms with Gasteiger partial charge in [-0.1, -0.05) is 0 Å². The highest BCUT2D eigenvalue weighted by molar-refractivity contribution is 5.00. The first kappa shape index (κ1) is 16.2. The summed E-state index contributed by atoms with van der Waals surface area (Å²) >= 11 is 0. The monoisotopic (exact) mass is 288 g/mol. The van der Waals surface area contributed by atoms with Crippen molar-refractivity contribution in [3.8, 4) is 0 Å². The molecule has 1 atom stereocenters. The van der Waals surface area contributed by atoms with Crippen LogP contribution in [0, 0.1) is 0 Å². The van der Waals surface area contributed by atoms with Crippen LogP contribution in [0.2, 0.25) is 0 Å². The summed E-state index contributed by atoms with van der Waals surface area (Å²) in [5, 5.41) is 0.